The summed E-state index contributed by atoms with van der Waals surface area (Å²) >= 11 is 0. The van der Waals surface area contributed by atoms with Crippen LogP contribution in [-0.2, 0) is 9.53 Å². The van der Waals surface area contributed by atoms with Gasteiger partial charge in [0.05, 0.1) is 6.61 Å². The van der Waals surface area contributed by atoms with Gasteiger partial charge in [0.15, 0.2) is 0 Å². The van der Waals surface area contributed by atoms with Crippen molar-refractivity contribution in [2.24, 2.45) is 0 Å². The predicted molar refractivity (Wildman–Crippen MR) is 49.8 cm³/mol. The molecule has 0 aromatic carbocycles. The Morgan fingerprint density at radius 3 is 2.42 bits per heavy atom. The highest BCUT2D eigenvalue weighted by Crippen LogP contribution is 2.02. The molecule has 0 rings (SSSR count). The van der Waals surface area contributed by atoms with Crippen molar-refractivity contribution in [2.75, 3.05) is 6.61 Å². The van der Waals surface area contributed by atoms with E-state index in [1.54, 1.807) is 13.8 Å². The van der Waals surface area contributed by atoms with Crippen LogP contribution in [0, 0.1) is 0 Å². The average molecular weight is 168 g/mol. The number of hydrogen-bond donors (Lipinski definition) is 0. The first-order valence-electron chi connectivity index (χ1n) is 4.10. The van der Waals surface area contributed by atoms with Crippen molar-refractivity contribution in [2.45, 2.75) is 27.7 Å². The highest BCUT2D eigenvalue weighted by atomic mass is 16.5. The second kappa shape index (κ2) is 5.58. The smallest absolute Gasteiger partial charge is 0.333 e. The summed E-state index contributed by atoms with van der Waals surface area (Å²) in [6.07, 6.45) is 3.76. The van der Waals surface area contributed by atoms with Gasteiger partial charge in [-0.05, 0) is 33.8 Å². The lowest BCUT2D eigenvalue weighted by atomic mass is 10.2. The lowest BCUT2D eigenvalue weighted by Crippen LogP contribution is -2.04. The molecule has 2 nitrogen and oxygen atoms in total. The molecule has 0 radical (unpaired) electrons. The molecule has 0 atom stereocenters. The standard InChI is InChI=1S/C10H16O2/c1-5-8(3)7-9(4)10(11)12-6-2/h5,7H,6H2,1-4H3. The topological polar surface area (TPSA) is 26.3 Å². The molecule has 0 aromatic heterocycles. The van der Waals surface area contributed by atoms with Gasteiger partial charge in [-0.15, -0.1) is 0 Å². The fourth-order valence-electron chi connectivity index (χ4n) is 0.729. The maximum atomic E-state index is 11.1. The summed E-state index contributed by atoms with van der Waals surface area (Å²) in [5.41, 5.74) is 1.72. The van der Waals surface area contributed by atoms with E-state index in [1.165, 1.54) is 0 Å². The van der Waals surface area contributed by atoms with Gasteiger partial charge in [-0.1, -0.05) is 11.6 Å². The van der Waals surface area contributed by atoms with Crippen LogP contribution in [0.15, 0.2) is 23.3 Å². The quantitative estimate of drug-likeness (QED) is 0.367. The highest BCUT2D eigenvalue weighted by molar-refractivity contribution is 5.88. The summed E-state index contributed by atoms with van der Waals surface area (Å²) in [6, 6.07) is 0. The molecule has 12 heavy (non-hydrogen) atoms. The Morgan fingerprint density at radius 1 is 1.42 bits per heavy atom. The van der Waals surface area contributed by atoms with E-state index in [9.17, 15) is 4.79 Å². The molecule has 0 fully saturated rings. The Hall–Kier alpha value is -1.05. The summed E-state index contributed by atoms with van der Waals surface area (Å²) in [7, 11) is 0. The first-order chi connectivity index (χ1) is 5.61. The number of carbonyl (C=O) groups is 1. The number of esters is 1. The van der Waals surface area contributed by atoms with E-state index in [0.29, 0.717) is 12.2 Å². The van der Waals surface area contributed by atoms with Gasteiger partial charge in [-0.25, -0.2) is 4.79 Å². The molecular weight excluding hydrogens is 152 g/mol. The maximum absolute atomic E-state index is 11.1. The van der Waals surface area contributed by atoms with Crippen molar-refractivity contribution < 1.29 is 9.53 Å². The van der Waals surface area contributed by atoms with Crippen molar-refractivity contribution in [3.05, 3.63) is 23.3 Å². The molecule has 0 aliphatic heterocycles. The Kier molecular flexibility index (Phi) is 5.09. The maximum Gasteiger partial charge on any atom is 0.333 e. The molecule has 68 valence electrons. The van der Waals surface area contributed by atoms with Gasteiger partial charge in [0, 0.05) is 5.57 Å². The molecule has 0 unspecified atom stereocenters. The molecule has 0 N–H and O–H groups in total. The largest absolute Gasteiger partial charge is 0.463 e. The third-order valence-electron chi connectivity index (χ3n) is 1.50. The molecule has 0 saturated carbocycles. The minimum Gasteiger partial charge on any atom is -0.463 e. The number of carbonyl (C=O) groups excluding carboxylic acids is 1. The van der Waals surface area contributed by atoms with Crippen molar-refractivity contribution in [1.82, 2.24) is 0 Å². The molecule has 0 spiro atoms. The van der Waals surface area contributed by atoms with Gasteiger partial charge in [-0.2, -0.15) is 0 Å². The van der Waals surface area contributed by atoms with Crippen molar-refractivity contribution >= 4 is 5.97 Å². The van der Waals surface area contributed by atoms with Gasteiger partial charge < -0.3 is 4.74 Å². The van der Waals surface area contributed by atoms with Crippen LogP contribution in [0.2, 0.25) is 0 Å². The van der Waals surface area contributed by atoms with Gasteiger partial charge in [0.25, 0.3) is 0 Å². The van der Waals surface area contributed by atoms with Gasteiger partial charge in [0.1, 0.15) is 0 Å². The second-order valence-corrected chi connectivity index (χ2v) is 2.58. The lowest BCUT2D eigenvalue weighted by molar-refractivity contribution is -0.138. The molecule has 0 aliphatic carbocycles. The molecular formula is C10H16O2. The van der Waals surface area contributed by atoms with Crippen molar-refractivity contribution in [1.29, 1.82) is 0 Å². The van der Waals surface area contributed by atoms with Crippen molar-refractivity contribution in [3.8, 4) is 0 Å². The van der Waals surface area contributed by atoms with Crippen LogP contribution in [0.4, 0.5) is 0 Å². The first-order valence-corrected chi connectivity index (χ1v) is 4.10. The Labute approximate surface area is 73.9 Å². The number of ether oxygens (including phenoxy) is 1. The minimum absolute atomic E-state index is 0.237. The van der Waals surface area contributed by atoms with Crippen LogP contribution in [0.25, 0.3) is 0 Å². The second-order valence-electron chi connectivity index (χ2n) is 2.58. The summed E-state index contributed by atoms with van der Waals surface area (Å²) < 4.78 is 4.81. The molecule has 0 amide bonds. The highest BCUT2D eigenvalue weighted by Gasteiger charge is 2.02. The zero-order valence-electron chi connectivity index (χ0n) is 8.18. The monoisotopic (exact) mass is 168 g/mol. The minimum atomic E-state index is -0.237. The number of allylic oxidation sites excluding steroid dienone is 3. The molecule has 2 heteroatoms. The Morgan fingerprint density at radius 2 is 2.00 bits per heavy atom. The molecule has 0 heterocycles. The van der Waals surface area contributed by atoms with Crippen LogP contribution in [-0.4, -0.2) is 12.6 Å². The number of rotatable bonds is 3. The predicted octanol–water partition coefficient (Wildman–Crippen LogP) is 2.46. The summed E-state index contributed by atoms with van der Waals surface area (Å²) in [5, 5.41) is 0. The molecule has 0 saturated heterocycles. The molecule has 0 aromatic rings. The lowest BCUT2D eigenvalue weighted by Gasteiger charge is -2.00. The molecule has 0 aliphatic rings. The van der Waals surface area contributed by atoms with E-state index in [1.807, 2.05) is 26.0 Å². The van der Waals surface area contributed by atoms with Gasteiger partial charge in [0.2, 0.25) is 0 Å². The van der Waals surface area contributed by atoms with E-state index >= 15 is 0 Å². The van der Waals surface area contributed by atoms with E-state index in [0.717, 1.165) is 5.57 Å². The van der Waals surface area contributed by atoms with Crippen LogP contribution < -0.4 is 0 Å². The first kappa shape index (κ1) is 11.0. The van der Waals surface area contributed by atoms with Crippen LogP contribution >= 0.6 is 0 Å². The van der Waals surface area contributed by atoms with Crippen LogP contribution in [0.3, 0.4) is 0 Å². The van der Waals surface area contributed by atoms with Gasteiger partial charge in [-0.3, -0.25) is 0 Å². The van der Waals surface area contributed by atoms with E-state index in [2.05, 4.69) is 0 Å². The van der Waals surface area contributed by atoms with Gasteiger partial charge >= 0.3 is 5.97 Å². The summed E-state index contributed by atoms with van der Waals surface area (Å²) in [5.74, 6) is -0.237. The van der Waals surface area contributed by atoms with Crippen LogP contribution in [0.5, 0.6) is 0 Å². The summed E-state index contributed by atoms with van der Waals surface area (Å²) in [6.45, 7) is 7.87. The third-order valence-corrected chi connectivity index (χ3v) is 1.50. The van der Waals surface area contributed by atoms with E-state index < -0.39 is 0 Å². The molecule has 0 bridgehead atoms. The fraction of sp³-hybridized carbons (Fsp3) is 0.500. The zero-order chi connectivity index (χ0) is 9.56. The van der Waals surface area contributed by atoms with Crippen LogP contribution in [0.1, 0.15) is 27.7 Å². The third kappa shape index (κ3) is 3.96. The van der Waals surface area contributed by atoms with E-state index in [4.69, 9.17) is 4.74 Å². The zero-order valence-corrected chi connectivity index (χ0v) is 8.18. The average Bonchev–Trinajstić information content (AvgIpc) is 2.04. The number of hydrogen-bond acceptors (Lipinski definition) is 2. The SMILES string of the molecule is CC=C(C)C=C(C)C(=O)OCC. The summed E-state index contributed by atoms with van der Waals surface area (Å²) in [4.78, 5) is 11.1. The van der Waals surface area contributed by atoms with E-state index in [-0.39, 0.29) is 5.97 Å². The Bertz CT molecular complexity index is 212. The van der Waals surface area contributed by atoms with Crippen molar-refractivity contribution in [3.63, 3.8) is 0 Å². The fourth-order valence-corrected chi connectivity index (χ4v) is 0.729. The Balaban J connectivity index is 4.27. The normalized spacial score (nSPS) is 13.0.